The summed E-state index contributed by atoms with van der Waals surface area (Å²) < 4.78 is 15.9. The maximum atomic E-state index is 5.37. The molecule has 2 rings (SSSR count). The Morgan fingerprint density at radius 3 is 2.52 bits per heavy atom. The topological polar surface area (TPSA) is 78.4 Å². The van der Waals surface area contributed by atoms with Crippen molar-refractivity contribution in [2.45, 2.75) is 6.92 Å². The van der Waals surface area contributed by atoms with Gasteiger partial charge in [0.25, 0.3) is 0 Å². The smallest absolute Gasteiger partial charge is 0.321 e. The molecular formula is C14H18N4O3. The molecule has 7 heteroatoms. The minimum absolute atomic E-state index is 0.268. The molecule has 1 N–H and O–H groups in total. The molecule has 1 heterocycles. The first-order chi connectivity index (χ1) is 10.2. The van der Waals surface area contributed by atoms with Gasteiger partial charge in [-0.25, -0.2) is 0 Å². The van der Waals surface area contributed by atoms with E-state index in [4.69, 9.17) is 14.2 Å². The highest BCUT2D eigenvalue weighted by molar-refractivity contribution is 5.66. The highest BCUT2D eigenvalue weighted by Crippen LogP contribution is 2.32. The van der Waals surface area contributed by atoms with Gasteiger partial charge < -0.3 is 19.5 Å². The van der Waals surface area contributed by atoms with E-state index in [0.717, 1.165) is 5.56 Å². The first kappa shape index (κ1) is 14.8. The lowest BCUT2D eigenvalue weighted by atomic mass is 10.2. The zero-order valence-electron chi connectivity index (χ0n) is 12.5. The van der Waals surface area contributed by atoms with Crippen LogP contribution in [0.3, 0.4) is 0 Å². The number of nitrogens with zero attached hydrogens (tertiary/aromatic N) is 3. The molecule has 112 valence electrons. The van der Waals surface area contributed by atoms with Crippen LogP contribution in [0.15, 0.2) is 18.2 Å². The van der Waals surface area contributed by atoms with Crippen molar-refractivity contribution in [2.24, 2.45) is 0 Å². The second kappa shape index (κ2) is 6.74. The summed E-state index contributed by atoms with van der Waals surface area (Å²) in [7, 11) is 4.92. The van der Waals surface area contributed by atoms with Gasteiger partial charge in [-0.3, -0.25) is 0 Å². The van der Waals surface area contributed by atoms with Crippen molar-refractivity contribution < 1.29 is 14.2 Å². The average molecular weight is 290 g/mol. The molecule has 1 aromatic heterocycles. The number of hydrogen-bond donors (Lipinski definition) is 1. The van der Waals surface area contributed by atoms with Gasteiger partial charge >= 0.3 is 6.01 Å². The number of benzene rings is 1. The quantitative estimate of drug-likeness (QED) is 0.871. The summed E-state index contributed by atoms with van der Waals surface area (Å²) in [5.41, 5.74) is 0.734. The standard InChI is InChI=1S/C14H18N4O3/c1-5-21-14-17-12(16-13(15-2)18-14)10-7-6-9(19-3)8-11(10)20-4/h6-8H,5H2,1-4H3,(H,15,16,17,18). The van der Waals surface area contributed by atoms with Gasteiger partial charge in [0.1, 0.15) is 11.5 Å². The molecule has 0 saturated carbocycles. The first-order valence-corrected chi connectivity index (χ1v) is 6.50. The monoisotopic (exact) mass is 290 g/mol. The zero-order valence-corrected chi connectivity index (χ0v) is 12.5. The predicted molar refractivity (Wildman–Crippen MR) is 79.1 cm³/mol. The van der Waals surface area contributed by atoms with Crippen molar-refractivity contribution in [3.8, 4) is 28.9 Å². The van der Waals surface area contributed by atoms with Gasteiger partial charge in [0.15, 0.2) is 5.82 Å². The van der Waals surface area contributed by atoms with Crippen molar-refractivity contribution in [1.82, 2.24) is 15.0 Å². The number of anilines is 1. The lowest BCUT2D eigenvalue weighted by Gasteiger charge is -2.11. The molecule has 0 fully saturated rings. The van der Waals surface area contributed by atoms with E-state index in [1.807, 2.05) is 19.1 Å². The lowest BCUT2D eigenvalue weighted by Crippen LogP contribution is -2.05. The largest absolute Gasteiger partial charge is 0.497 e. The molecule has 0 spiro atoms. The summed E-state index contributed by atoms with van der Waals surface area (Å²) in [6.45, 7) is 2.35. The second-order valence-electron chi connectivity index (χ2n) is 4.01. The van der Waals surface area contributed by atoms with Gasteiger partial charge in [0, 0.05) is 13.1 Å². The van der Waals surface area contributed by atoms with Crippen molar-refractivity contribution in [2.75, 3.05) is 33.2 Å². The Hall–Kier alpha value is -2.57. The molecular weight excluding hydrogens is 272 g/mol. The molecule has 7 nitrogen and oxygen atoms in total. The fourth-order valence-corrected chi connectivity index (χ4v) is 1.77. The van der Waals surface area contributed by atoms with E-state index in [0.29, 0.717) is 29.9 Å². The number of ether oxygens (including phenoxy) is 3. The number of rotatable bonds is 6. The molecule has 0 amide bonds. The van der Waals surface area contributed by atoms with Crippen LogP contribution in [-0.2, 0) is 0 Å². The summed E-state index contributed by atoms with van der Waals surface area (Å²) in [4.78, 5) is 12.8. The van der Waals surface area contributed by atoms with Gasteiger partial charge in [-0.15, -0.1) is 0 Å². The molecule has 0 saturated heterocycles. The lowest BCUT2D eigenvalue weighted by molar-refractivity contribution is 0.312. The molecule has 0 aliphatic rings. The van der Waals surface area contributed by atoms with E-state index < -0.39 is 0 Å². The first-order valence-electron chi connectivity index (χ1n) is 6.50. The Labute approximate surface area is 123 Å². The normalized spacial score (nSPS) is 10.1. The Bertz CT molecular complexity index is 619. The van der Waals surface area contributed by atoms with Gasteiger partial charge in [0.05, 0.1) is 26.4 Å². The van der Waals surface area contributed by atoms with Crippen molar-refractivity contribution >= 4 is 5.95 Å². The fraction of sp³-hybridized carbons (Fsp3) is 0.357. The minimum Gasteiger partial charge on any atom is -0.497 e. The summed E-state index contributed by atoms with van der Waals surface area (Å²) in [5, 5.41) is 2.89. The molecule has 0 unspecified atom stereocenters. The van der Waals surface area contributed by atoms with Crippen LogP contribution < -0.4 is 19.5 Å². The summed E-state index contributed by atoms with van der Waals surface area (Å²) in [6, 6.07) is 5.70. The van der Waals surface area contributed by atoms with Crippen LogP contribution >= 0.6 is 0 Å². The summed E-state index contributed by atoms with van der Waals surface area (Å²) in [6.07, 6.45) is 0. The Morgan fingerprint density at radius 1 is 1.10 bits per heavy atom. The van der Waals surface area contributed by atoms with Crippen molar-refractivity contribution in [3.05, 3.63) is 18.2 Å². The van der Waals surface area contributed by atoms with Crippen LogP contribution in [-0.4, -0.2) is 42.8 Å². The Balaban J connectivity index is 2.52. The van der Waals surface area contributed by atoms with Gasteiger partial charge in [-0.1, -0.05) is 0 Å². The number of hydrogen-bond acceptors (Lipinski definition) is 7. The number of aromatic nitrogens is 3. The van der Waals surface area contributed by atoms with Crippen molar-refractivity contribution in [1.29, 1.82) is 0 Å². The van der Waals surface area contributed by atoms with E-state index in [1.54, 1.807) is 27.3 Å². The van der Waals surface area contributed by atoms with E-state index in [9.17, 15) is 0 Å². The molecule has 0 aliphatic carbocycles. The van der Waals surface area contributed by atoms with Gasteiger partial charge in [-0.05, 0) is 19.1 Å². The average Bonchev–Trinajstić information content (AvgIpc) is 2.54. The Kier molecular flexibility index (Phi) is 4.76. The zero-order chi connectivity index (χ0) is 15.2. The van der Waals surface area contributed by atoms with E-state index in [-0.39, 0.29) is 6.01 Å². The third kappa shape index (κ3) is 3.31. The minimum atomic E-state index is 0.268. The molecule has 0 radical (unpaired) electrons. The molecule has 21 heavy (non-hydrogen) atoms. The Morgan fingerprint density at radius 2 is 1.90 bits per heavy atom. The van der Waals surface area contributed by atoms with Crippen LogP contribution in [0.4, 0.5) is 5.95 Å². The SMILES string of the molecule is CCOc1nc(NC)nc(-c2ccc(OC)cc2OC)n1. The molecule has 2 aromatic rings. The molecule has 0 bridgehead atoms. The summed E-state index contributed by atoms with van der Waals surface area (Å²) in [5.74, 6) is 2.22. The van der Waals surface area contributed by atoms with Crippen LogP contribution in [0.5, 0.6) is 17.5 Å². The summed E-state index contributed by atoms with van der Waals surface area (Å²) >= 11 is 0. The van der Waals surface area contributed by atoms with E-state index in [2.05, 4.69) is 20.3 Å². The molecule has 0 aliphatic heterocycles. The number of methoxy groups -OCH3 is 2. The second-order valence-corrected chi connectivity index (χ2v) is 4.01. The maximum Gasteiger partial charge on any atom is 0.321 e. The van der Waals surface area contributed by atoms with Crippen LogP contribution in [0.1, 0.15) is 6.92 Å². The van der Waals surface area contributed by atoms with Crippen LogP contribution in [0.25, 0.3) is 11.4 Å². The van der Waals surface area contributed by atoms with Gasteiger partial charge in [-0.2, -0.15) is 15.0 Å². The third-order valence-electron chi connectivity index (χ3n) is 2.76. The maximum absolute atomic E-state index is 5.37. The fourth-order valence-electron chi connectivity index (χ4n) is 1.77. The molecule has 0 atom stereocenters. The van der Waals surface area contributed by atoms with Crippen LogP contribution in [0.2, 0.25) is 0 Å². The van der Waals surface area contributed by atoms with Crippen LogP contribution in [0, 0.1) is 0 Å². The third-order valence-corrected chi connectivity index (χ3v) is 2.76. The van der Waals surface area contributed by atoms with Gasteiger partial charge in [0.2, 0.25) is 5.95 Å². The van der Waals surface area contributed by atoms with E-state index >= 15 is 0 Å². The van der Waals surface area contributed by atoms with E-state index in [1.165, 1.54) is 0 Å². The highest BCUT2D eigenvalue weighted by atomic mass is 16.5. The number of nitrogens with one attached hydrogen (secondary N) is 1. The predicted octanol–water partition coefficient (Wildman–Crippen LogP) is 2.00. The highest BCUT2D eigenvalue weighted by Gasteiger charge is 2.14. The molecule has 1 aromatic carbocycles. The van der Waals surface area contributed by atoms with Crippen molar-refractivity contribution in [3.63, 3.8) is 0 Å².